The van der Waals surface area contributed by atoms with Crippen molar-refractivity contribution in [1.82, 2.24) is 0 Å². The number of rotatable bonds is 3. The van der Waals surface area contributed by atoms with E-state index in [0.29, 0.717) is 0 Å². The highest BCUT2D eigenvalue weighted by Crippen LogP contribution is 2.39. The van der Waals surface area contributed by atoms with Gasteiger partial charge in [-0.3, -0.25) is 0 Å². The summed E-state index contributed by atoms with van der Waals surface area (Å²) in [4.78, 5) is 2.25. The topological polar surface area (TPSA) is 16.4 Å². The Morgan fingerprint density at radius 1 is 0.467 bits per heavy atom. The summed E-state index contributed by atoms with van der Waals surface area (Å²) >= 11 is 0. The summed E-state index contributed by atoms with van der Waals surface area (Å²) in [5, 5.41) is 4.64. The van der Waals surface area contributed by atoms with Crippen molar-refractivity contribution < 1.29 is 4.42 Å². The van der Waals surface area contributed by atoms with Crippen LogP contribution in [0, 0.1) is 0 Å². The lowest BCUT2D eigenvalue weighted by atomic mass is 10.1. The van der Waals surface area contributed by atoms with Crippen LogP contribution in [0.5, 0.6) is 0 Å². The minimum Gasteiger partial charge on any atom is -0.455 e. The summed E-state index contributed by atoms with van der Waals surface area (Å²) in [5.41, 5.74) is 5.15. The van der Waals surface area contributed by atoms with Gasteiger partial charge < -0.3 is 9.32 Å². The highest BCUT2D eigenvalue weighted by atomic mass is 16.3. The van der Waals surface area contributed by atoms with E-state index in [1.807, 2.05) is 12.1 Å². The molecule has 1 aromatic heterocycles. The second-order valence-corrected chi connectivity index (χ2v) is 7.45. The summed E-state index contributed by atoms with van der Waals surface area (Å²) in [6.07, 6.45) is 0. The second-order valence-electron chi connectivity index (χ2n) is 7.45. The van der Waals surface area contributed by atoms with Gasteiger partial charge in [-0.25, -0.2) is 0 Å². The third-order valence-corrected chi connectivity index (χ3v) is 5.63. The minimum absolute atomic E-state index is 0.899. The molecule has 0 saturated heterocycles. The third-order valence-electron chi connectivity index (χ3n) is 5.63. The summed E-state index contributed by atoms with van der Waals surface area (Å²) in [5.74, 6) is 0. The van der Waals surface area contributed by atoms with E-state index in [1.54, 1.807) is 0 Å². The van der Waals surface area contributed by atoms with Crippen LogP contribution in [0.3, 0.4) is 0 Å². The van der Waals surface area contributed by atoms with Crippen molar-refractivity contribution in [2.75, 3.05) is 4.90 Å². The van der Waals surface area contributed by atoms with Gasteiger partial charge in [0.2, 0.25) is 0 Å². The van der Waals surface area contributed by atoms with E-state index in [-0.39, 0.29) is 0 Å². The summed E-state index contributed by atoms with van der Waals surface area (Å²) < 4.78 is 6.40. The maximum Gasteiger partial charge on any atom is 0.143 e. The zero-order chi connectivity index (χ0) is 19.9. The number of benzene rings is 5. The molecule has 0 fully saturated rings. The van der Waals surface area contributed by atoms with Crippen LogP contribution in [0.25, 0.3) is 32.7 Å². The fraction of sp³-hybridized carbons (Fsp3) is 0. The first-order chi connectivity index (χ1) is 14.9. The molecule has 0 unspecified atom stereocenters. The Hall–Kier alpha value is -4.04. The molecule has 6 rings (SSSR count). The molecule has 5 aromatic carbocycles. The molecule has 0 aliphatic heterocycles. The van der Waals surface area contributed by atoms with Crippen molar-refractivity contribution in [3.63, 3.8) is 0 Å². The Morgan fingerprint density at radius 3 is 1.83 bits per heavy atom. The quantitative estimate of drug-likeness (QED) is 0.305. The average molecular weight is 385 g/mol. The van der Waals surface area contributed by atoms with E-state index in [1.165, 1.54) is 5.39 Å². The molecule has 1 heterocycles. The first-order valence-corrected chi connectivity index (χ1v) is 10.1. The molecule has 0 N–H and O–H groups in total. The van der Waals surface area contributed by atoms with Crippen LogP contribution in [0.1, 0.15) is 0 Å². The normalized spacial score (nSPS) is 11.3. The Bertz CT molecular complexity index is 1440. The molecule has 2 heteroatoms. The smallest absolute Gasteiger partial charge is 0.143 e. The SMILES string of the molecule is c1ccc(N(c2ccccc2)c2ccc3c(c2)oc2c4ccccc4ccc32)cc1. The maximum atomic E-state index is 6.40. The highest BCUT2D eigenvalue weighted by Gasteiger charge is 2.15. The van der Waals surface area contributed by atoms with Crippen molar-refractivity contribution >= 4 is 49.8 Å². The molecule has 0 aliphatic carbocycles. The van der Waals surface area contributed by atoms with Crippen molar-refractivity contribution in [3.8, 4) is 0 Å². The van der Waals surface area contributed by atoms with E-state index >= 15 is 0 Å². The Labute approximate surface area is 174 Å². The van der Waals surface area contributed by atoms with Crippen molar-refractivity contribution in [2.24, 2.45) is 0 Å². The standard InChI is InChI=1S/C28H19NO/c1-3-10-21(11-4-1)29(22-12-5-2-6-13-22)23-16-18-25-26-17-15-20-9-7-8-14-24(20)28(26)30-27(25)19-23/h1-19H. The largest absolute Gasteiger partial charge is 0.455 e. The lowest BCUT2D eigenvalue weighted by Crippen LogP contribution is -2.09. The molecule has 0 aliphatic rings. The maximum absolute atomic E-state index is 6.40. The van der Waals surface area contributed by atoms with Crippen LogP contribution in [0.4, 0.5) is 17.1 Å². The highest BCUT2D eigenvalue weighted by molar-refractivity contribution is 6.15. The molecule has 2 nitrogen and oxygen atoms in total. The van der Waals surface area contributed by atoms with Gasteiger partial charge in [-0.2, -0.15) is 0 Å². The molecule has 0 spiro atoms. The fourth-order valence-electron chi connectivity index (χ4n) is 4.23. The predicted octanol–water partition coefficient (Wildman–Crippen LogP) is 8.21. The molecule has 30 heavy (non-hydrogen) atoms. The molecule has 0 bridgehead atoms. The Morgan fingerprint density at radius 2 is 1.10 bits per heavy atom. The van der Waals surface area contributed by atoms with Crippen molar-refractivity contribution in [3.05, 3.63) is 115 Å². The van der Waals surface area contributed by atoms with E-state index in [4.69, 9.17) is 4.42 Å². The summed E-state index contributed by atoms with van der Waals surface area (Å²) in [7, 11) is 0. The lowest BCUT2D eigenvalue weighted by molar-refractivity contribution is 0.672. The van der Waals surface area contributed by atoms with Gasteiger partial charge in [0.15, 0.2) is 0 Å². The lowest BCUT2D eigenvalue weighted by Gasteiger charge is -2.25. The third kappa shape index (κ3) is 2.66. The zero-order valence-electron chi connectivity index (χ0n) is 16.3. The molecular weight excluding hydrogens is 366 g/mol. The van der Waals surface area contributed by atoms with Crippen LogP contribution in [-0.2, 0) is 0 Å². The summed E-state index contributed by atoms with van der Waals surface area (Å²) in [6.45, 7) is 0. The van der Waals surface area contributed by atoms with Gasteiger partial charge in [0.1, 0.15) is 11.2 Å². The van der Waals surface area contributed by atoms with Gasteiger partial charge in [-0.15, -0.1) is 0 Å². The van der Waals surface area contributed by atoms with Crippen LogP contribution in [-0.4, -0.2) is 0 Å². The van der Waals surface area contributed by atoms with E-state index < -0.39 is 0 Å². The van der Waals surface area contributed by atoms with Gasteiger partial charge in [0.05, 0.1) is 0 Å². The first-order valence-electron chi connectivity index (χ1n) is 10.1. The van der Waals surface area contributed by atoms with Gasteiger partial charge in [0.25, 0.3) is 0 Å². The zero-order valence-corrected chi connectivity index (χ0v) is 16.3. The van der Waals surface area contributed by atoms with Crippen LogP contribution in [0.2, 0.25) is 0 Å². The summed E-state index contributed by atoms with van der Waals surface area (Å²) in [6, 6.07) is 40.1. The number of hydrogen-bond donors (Lipinski definition) is 0. The number of nitrogens with zero attached hydrogens (tertiary/aromatic N) is 1. The van der Waals surface area contributed by atoms with Gasteiger partial charge in [-0.05, 0) is 47.9 Å². The molecular formula is C28H19NO. The van der Waals surface area contributed by atoms with Gasteiger partial charge in [0, 0.05) is 39.3 Å². The molecule has 0 amide bonds. The first kappa shape index (κ1) is 16.9. The van der Waals surface area contributed by atoms with Crippen molar-refractivity contribution in [1.29, 1.82) is 0 Å². The van der Waals surface area contributed by atoms with E-state index in [9.17, 15) is 0 Å². The van der Waals surface area contributed by atoms with Gasteiger partial charge >= 0.3 is 0 Å². The number of para-hydroxylation sites is 2. The second kappa shape index (κ2) is 6.78. The molecule has 6 aromatic rings. The van der Waals surface area contributed by atoms with Crippen molar-refractivity contribution in [2.45, 2.75) is 0 Å². The monoisotopic (exact) mass is 385 g/mol. The number of fused-ring (bicyclic) bond motifs is 5. The number of anilines is 3. The Kier molecular flexibility index (Phi) is 3.82. The molecule has 0 atom stereocenters. The van der Waals surface area contributed by atoms with Crippen LogP contribution < -0.4 is 4.90 Å². The minimum atomic E-state index is 0.899. The average Bonchev–Trinajstić information content (AvgIpc) is 3.19. The number of hydrogen-bond acceptors (Lipinski definition) is 2. The molecule has 142 valence electrons. The Balaban J connectivity index is 1.59. The van der Waals surface area contributed by atoms with Crippen LogP contribution in [0.15, 0.2) is 120 Å². The molecule has 0 radical (unpaired) electrons. The predicted molar refractivity (Wildman–Crippen MR) is 126 cm³/mol. The van der Waals surface area contributed by atoms with Gasteiger partial charge in [-0.1, -0.05) is 66.7 Å². The van der Waals surface area contributed by atoms with E-state index in [0.717, 1.165) is 44.4 Å². The van der Waals surface area contributed by atoms with E-state index in [2.05, 4.69) is 108 Å². The molecule has 0 saturated carbocycles. The fourth-order valence-corrected chi connectivity index (χ4v) is 4.23. The number of furan rings is 1. The van der Waals surface area contributed by atoms with Crippen LogP contribution >= 0.6 is 0 Å².